The summed E-state index contributed by atoms with van der Waals surface area (Å²) in [6.07, 6.45) is 1.93. The highest BCUT2D eigenvalue weighted by Gasteiger charge is 2.35. The van der Waals surface area contributed by atoms with E-state index in [1.54, 1.807) is 12.1 Å². The van der Waals surface area contributed by atoms with Crippen LogP contribution in [0, 0.1) is 11.2 Å². The first-order chi connectivity index (χ1) is 9.01. The van der Waals surface area contributed by atoms with Crippen molar-refractivity contribution in [2.75, 3.05) is 13.1 Å². The second-order valence-corrected chi connectivity index (χ2v) is 5.59. The fourth-order valence-corrected chi connectivity index (χ4v) is 2.46. The Morgan fingerprint density at radius 2 is 2.11 bits per heavy atom. The maximum Gasteiger partial charge on any atom is 0.227 e. The molecule has 0 radical (unpaired) electrons. The quantitative estimate of drug-likeness (QED) is 0.880. The number of nitrogens with one attached hydrogen (secondary N) is 2. The normalized spacial score (nSPS) is 24.8. The molecule has 0 aromatic heterocycles. The first-order valence-corrected chi connectivity index (χ1v) is 6.78. The van der Waals surface area contributed by atoms with E-state index in [0.29, 0.717) is 0 Å². The third kappa shape index (κ3) is 3.32. The summed E-state index contributed by atoms with van der Waals surface area (Å²) in [5, 5.41) is 6.29. The predicted molar refractivity (Wildman–Crippen MR) is 73.2 cm³/mol. The molecular weight excluding hydrogens is 243 g/mol. The van der Waals surface area contributed by atoms with Gasteiger partial charge in [0.05, 0.1) is 11.5 Å². The lowest BCUT2D eigenvalue weighted by atomic mass is 9.81. The molecule has 2 atom stereocenters. The van der Waals surface area contributed by atoms with Crippen LogP contribution in [0.15, 0.2) is 24.3 Å². The van der Waals surface area contributed by atoms with E-state index < -0.39 is 0 Å². The Morgan fingerprint density at radius 3 is 2.68 bits per heavy atom. The Morgan fingerprint density at radius 1 is 1.42 bits per heavy atom. The molecule has 1 aliphatic rings. The lowest BCUT2D eigenvalue weighted by Gasteiger charge is -2.33. The van der Waals surface area contributed by atoms with Crippen molar-refractivity contribution in [3.05, 3.63) is 35.6 Å². The monoisotopic (exact) mass is 264 g/mol. The van der Waals surface area contributed by atoms with Gasteiger partial charge in [-0.2, -0.15) is 0 Å². The summed E-state index contributed by atoms with van der Waals surface area (Å²) in [4.78, 5) is 12.3. The molecule has 1 aromatic rings. The van der Waals surface area contributed by atoms with Crippen LogP contribution in [-0.2, 0) is 4.79 Å². The van der Waals surface area contributed by atoms with E-state index >= 15 is 0 Å². The SMILES string of the molecule is C[C@H](NC(=O)C1(C)CCCNC1)c1ccc(F)cc1. The summed E-state index contributed by atoms with van der Waals surface area (Å²) >= 11 is 0. The second-order valence-electron chi connectivity index (χ2n) is 5.59. The van der Waals surface area contributed by atoms with Crippen LogP contribution in [-0.4, -0.2) is 19.0 Å². The number of rotatable bonds is 3. The van der Waals surface area contributed by atoms with Crippen LogP contribution in [0.25, 0.3) is 0 Å². The molecule has 1 fully saturated rings. The molecule has 1 unspecified atom stereocenters. The molecule has 4 heteroatoms. The highest BCUT2D eigenvalue weighted by atomic mass is 19.1. The van der Waals surface area contributed by atoms with E-state index in [0.717, 1.165) is 31.5 Å². The fraction of sp³-hybridized carbons (Fsp3) is 0.533. The fourth-order valence-electron chi connectivity index (χ4n) is 2.46. The lowest BCUT2D eigenvalue weighted by molar-refractivity contribution is -0.131. The summed E-state index contributed by atoms with van der Waals surface area (Å²) < 4.78 is 12.9. The summed E-state index contributed by atoms with van der Waals surface area (Å²) in [5.74, 6) is -0.192. The summed E-state index contributed by atoms with van der Waals surface area (Å²) in [6, 6.07) is 6.15. The molecule has 0 aliphatic carbocycles. The molecule has 0 saturated carbocycles. The first kappa shape index (κ1) is 14.0. The van der Waals surface area contributed by atoms with E-state index in [1.807, 2.05) is 13.8 Å². The number of carbonyl (C=O) groups is 1. The van der Waals surface area contributed by atoms with Gasteiger partial charge in [-0.15, -0.1) is 0 Å². The molecule has 2 N–H and O–H groups in total. The van der Waals surface area contributed by atoms with Gasteiger partial charge in [-0.1, -0.05) is 12.1 Å². The van der Waals surface area contributed by atoms with Gasteiger partial charge >= 0.3 is 0 Å². The maximum absolute atomic E-state index is 12.9. The predicted octanol–water partition coefficient (Wildman–Crippen LogP) is 2.39. The highest BCUT2D eigenvalue weighted by Crippen LogP contribution is 2.26. The molecule has 2 rings (SSSR count). The van der Waals surface area contributed by atoms with Gasteiger partial charge in [0.25, 0.3) is 0 Å². The van der Waals surface area contributed by atoms with Crippen molar-refractivity contribution >= 4 is 5.91 Å². The molecule has 1 saturated heterocycles. The molecular formula is C15H21FN2O. The standard InChI is InChI=1S/C15H21FN2O/c1-11(12-4-6-13(16)7-5-12)18-14(19)15(2)8-3-9-17-10-15/h4-7,11,17H,3,8-10H2,1-2H3,(H,18,19)/t11-,15?/m0/s1. The van der Waals surface area contributed by atoms with Crippen LogP contribution in [0.5, 0.6) is 0 Å². The molecule has 19 heavy (non-hydrogen) atoms. The van der Waals surface area contributed by atoms with Gasteiger partial charge in [0.15, 0.2) is 0 Å². The van der Waals surface area contributed by atoms with Gasteiger partial charge in [0.2, 0.25) is 5.91 Å². The molecule has 0 bridgehead atoms. The van der Waals surface area contributed by atoms with Crippen molar-refractivity contribution in [3.63, 3.8) is 0 Å². The van der Waals surface area contributed by atoms with Crippen LogP contribution >= 0.6 is 0 Å². The van der Waals surface area contributed by atoms with Gasteiger partial charge in [-0.3, -0.25) is 4.79 Å². The number of carbonyl (C=O) groups excluding carboxylic acids is 1. The number of benzene rings is 1. The number of hydrogen-bond donors (Lipinski definition) is 2. The van der Waals surface area contributed by atoms with Gasteiger partial charge in [0, 0.05) is 6.54 Å². The minimum atomic E-state index is -0.341. The maximum atomic E-state index is 12.9. The Labute approximate surface area is 113 Å². The van der Waals surface area contributed by atoms with E-state index in [9.17, 15) is 9.18 Å². The minimum Gasteiger partial charge on any atom is -0.349 e. The van der Waals surface area contributed by atoms with E-state index in [2.05, 4.69) is 10.6 Å². The number of hydrogen-bond acceptors (Lipinski definition) is 2. The largest absolute Gasteiger partial charge is 0.349 e. The minimum absolute atomic E-state index is 0.0662. The summed E-state index contributed by atoms with van der Waals surface area (Å²) in [6.45, 7) is 5.61. The van der Waals surface area contributed by atoms with Crippen molar-refractivity contribution in [2.45, 2.75) is 32.7 Å². The molecule has 1 heterocycles. The average molecular weight is 264 g/mol. The van der Waals surface area contributed by atoms with Crippen molar-refractivity contribution in [2.24, 2.45) is 5.41 Å². The van der Waals surface area contributed by atoms with Crippen molar-refractivity contribution in [3.8, 4) is 0 Å². The number of piperidine rings is 1. The van der Waals surface area contributed by atoms with E-state index in [-0.39, 0.29) is 23.2 Å². The van der Waals surface area contributed by atoms with Gasteiger partial charge in [0.1, 0.15) is 5.82 Å². The molecule has 1 amide bonds. The zero-order valence-corrected chi connectivity index (χ0v) is 11.5. The van der Waals surface area contributed by atoms with E-state index in [1.165, 1.54) is 12.1 Å². The Balaban J connectivity index is 2.00. The lowest BCUT2D eigenvalue weighted by Crippen LogP contribution is -2.49. The Bertz CT molecular complexity index is 438. The van der Waals surface area contributed by atoms with Crippen LogP contribution in [0.3, 0.4) is 0 Å². The zero-order chi connectivity index (χ0) is 13.9. The van der Waals surface area contributed by atoms with Crippen molar-refractivity contribution < 1.29 is 9.18 Å². The van der Waals surface area contributed by atoms with Crippen molar-refractivity contribution in [1.82, 2.24) is 10.6 Å². The van der Waals surface area contributed by atoms with Crippen LogP contribution < -0.4 is 10.6 Å². The van der Waals surface area contributed by atoms with E-state index in [4.69, 9.17) is 0 Å². The van der Waals surface area contributed by atoms with Gasteiger partial charge in [-0.25, -0.2) is 4.39 Å². The summed E-state index contributed by atoms with van der Waals surface area (Å²) in [7, 11) is 0. The molecule has 104 valence electrons. The smallest absolute Gasteiger partial charge is 0.227 e. The Kier molecular flexibility index (Phi) is 4.20. The third-order valence-electron chi connectivity index (χ3n) is 3.86. The number of halogens is 1. The molecule has 3 nitrogen and oxygen atoms in total. The third-order valence-corrected chi connectivity index (χ3v) is 3.86. The molecule has 1 aliphatic heterocycles. The first-order valence-electron chi connectivity index (χ1n) is 6.78. The van der Waals surface area contributed by atoms with Gasteiger partial charge < -0.3 is 10.6 Å². The van der Waals surface area contributed by atoms with Gasteiger partial charge in [-0.05, 0) is 50.9 Å². The van der Waals surface area contributed by atoms with Crippen molar-refractivity contribution in [1.29, 1.82) is 0 Å². The average Bonchev–Trinajstić information content (AvgIpc) is 2.40. The number of amides is 1. The topological polar surface area (TPSA) is 41.1 Å². The summed E-state index contributed by atoms with van der Waals surface area (Å²) in [5.41, 5.74) is 0.578. The second kappa shape index (κ2) is 5.70. The molecule has 1 aromatic carbocycles. The van der Waals surface area contributed by atoms with Crippen LogP contribution in [0.2, 0.25) is 0 Å². The Hall–Kier alpha value is -1.42. The van der Waals surface area contributed by atoms with Crippen LogP contribution in [0.1, 0.15) is 38.3 Å². The van der Waals surface area contributed by atoms with Crippen LogP contribution in [0.4, 0.5) is 4.39 Å². The zero-order valence-electron chi connectivity index (χ0n) is 11.5. The highest BCUT2D eigenvalue weighted by molar-refractivity contribution is 5.83. The molecule has 0 spiro atoms.